The summed E-state index contributed by atoms with van der Waals surface area (Å²) < 4.78 is 5.45. The van der Waals surface area contributed by atoms with Gasteiger partial charge in [0.25, 0.3) is 0 Å². The summed E-state index contributed by atoms with van der Waals surface area (Å²) in [6.45, 7) is 4.31. The number of nitrogens with one attached hydrogen (secondary N) is 2. The minimum atomic E-state index is 0. The topological polar surface area (TPSA) is 37.0 Å². The van der Waals surface area contributed by atoms with Gasteiger partial charge >= 0.3 is 0 Å². The first-order chi connectivity index (χ1) is 11.3. The third kappa shape index (κ3) is 4.44. The van der Waals surface area contributed by atoms with E-state index in [0.29, 0.717) is 11.6 Å². The monoisotopic (exact) mass is 364 g/mol. The highest BCUT2D eigenvalue weighted by molar-refractivity contribution is 6.32. The third-order valence-electron chi connectivity index (χ3n) is 3.87. The number of aromatic amines is 1. The smallest absolute Gasteiger partial charge is 0.137 e. The van der Waals surface area contributed by atoms with Gasteiger partial charge in [-0.3, -0.25) is 0 Å². The lowest BCUT2D eigenvalue weighted by Gasteiger charge is -2.09. The van der Waals surface area contributed by atoms with Gasteiger partial charge < -0.3 is 15.0 Å². The van der Waals surface area contributed by atoms with Crippen LogP contribution in [0.5, 0.6) is 5.75 Å². The van der Waals surface area contributed by atoms with E-state index in [9.17, 15) is 0 Å². The highest BCUT2D eigenvalue weighted by Crippen LogP contribution is 2.25. The molecule has 1 aromatic heterocycles. The van der Waals surface area contributed by atoms with E-state index in [4.69, 9.17) is 16.3 Å². The van der Waals surface area contributed by atoms with E-state index in [1.807, 2.05) is 19.1 Å². The van der Waals surface area contributed by atoms with Crippen molar-refractivity contribution in [1.82, 2.24) is 10.3 Å². The number of H-pyrrole nitrogens is 1. The van der Waals surface area contributed by atoms with Gasteiger partial charge in [-0.2, -0.15) is 0 Å². The van der Waals surface area contributed by atoms with Crippen LogP contribution in [0.2, 0.25) is 5.02 Å². The Kier molecular flexibility index (Phi) is 6.98. The van der Waals surface area contributed by atoms with Gasteiger partial charge in [-0.05, 0) is 49.2 Å². The SMILES string of the molecule is CCOc1ccc(CNCCc2c[nH]c3ccccc23)cc1Cl.Cl. The standard InChI is InChI=1S/C19H21ClN2O.ClH/c1-2-23-19-8-7-14(11-17(19)20)12-21-10-9-15-13-22-18-6-4-3-5-16(15)18;/h3-8,11,13,21-22H,2,9-10,12H2,1H3;1H. The van der Waals surface area contributed by atoms with Crippen molar-refractivity contribution in [3.63, 3.8) is 0 Å². The maximum absolute atomic E-state index is 6.21. The van der Waals surface area contributed by atoms with Gasteiger partial charge in [-0.1, -0.05) is 35.9 Å². The van der Waals surface area contributed by atoms with Crippen LogP contribution < -0.4 is 10.1 Å². The molecule has 0 unspecified atom stereocenters. The molecule has 3 aromatic rings. The fraction of sp³-hybridized carbons (Fsp3) is 0.263. The molecule has 0 saturated carbocycles. The summed E-state index contributed by atoms with van der Waals surface area (Å²) in [6, 6.07) is 14.3. The number of hydrogen-bond acceptors (Lipinski definition) is 2. The van der Waals surface area contributed by atoms with E-state index >= 15 is 0 Å². The first-order valence-corrected chi connectivity index (χ1v) is 8.32. The third-order valence-corrected chi connectivity index (χ3v) is 4.17. The minimum absolute atomic E-state index is 0. The second-order valence-corrected chi connectivity index (χ2v) is 5.89. The summed E-state index contributed by atoms with van der Waals surface area (Å²) in [7, 11) is 0. The van der Waals surface area contributed by atoms with Crippen molar-refractivity contribution < 1.29 is 4.74 Å². The average molecular weight is 365 g/mol. The molecular weight excluding hydrogens is 343 g/mol. The highest BCUT2D eigenvalue weighted by Gasteiger charge is 2.04. The average Bonchev–Trinajstić information content (AvgIpc) is 2.97. The van der Waals surface area contributed by atoms with Crippen molar-refractivity contribution in [3.05, 3.63) is 64.8 Å². The molecule has 24 heavy (non-hydrogen) atoms. The Labute approximate surface area is 153 Å². The van der Waals surface area contributed by atoms with Crippen LogP contribution in [0.1, 0.15) is 18.1 Å². The van der Waals surface area contributed by atoms with Crippen molar-refractivity contribution in [2.24, 2.45) is 0 Å². The first-order valence-electron chi connectivity index (χ1n) is 7.95. The van der Waals surface area contributed by atoms with Crippen LogP contribution in [0.15, 0.2) is 48.7 Å². The first kappa shape index (κ1) is 18.7. The molecule has 3 nitrogen and oxygen atoms in total. The highest BCUT2D eigenvalue weighted by atomic mass is 35.5. The van der Waals surface area contributed by atoms with E-state index < -0.39 is 0 Å². The lowest BCUT2D eigenvalue weighted by molar-refractivity contribution is 0.340. The predicted molar refractivity (Wildman–Crippen MR) is 104 cm³/mol. The normalized spacial score (nSPS) is 10.6. The quantitative estimate of drug-likeness (QED) is 0.580. The van der Waals surface area contributed by atoms with Crippen LogP contribution in [0, 0.1) is 0 Å². The molecule has 0 spiro atoms. The Bertz CT molecular complexity index is 786. The molecule has 0 aliphatic rings. The summed E-state index contributed by atoms with van der Waals surface area (Å²) in [4.78, 5) is 3.31. The number of benzene rings is 2. The van der Waals surface area contributed by atoms with Gasteiger partial charge in [0.1, 0.15) is 5.75 Å². The summed E-state index contributed by atoms with van der Waals surface area (Å²) >= 11 is 6.21. The predicted octanol–water partition coefficient (Wildman–Crippen LogP) is 4.97. The lowest BCUT2D eigenvalue weighted by Crippen LogP contribution is -2.16. The number of rotatable bonds is 7. The zero-order valence-electron chi connectivity index (χ0n) is 13.6. The molecule has 0 aliphatic heterocycles. The van der Waals surface area contributed by atoms with Crippen LogP contribution in [-0.2, 0) is 13.0 Å². The van der Waals surface area contributed by atoms with E-state index in [0.717, 1.165) is 30.8 Å². The number of halogens is 2. The molecule has 2 aromatic carbocycles. The van der Waals surface area contributed by atoms with Gasteiger partial charge in [0.15, 0.2) is 0 Å². The second-order valence-electron chi connectivity index (χ2n) is 5.48. The van der Waals surface area contributed by atoms with Crippen LogP contribution in [0.25, 0.3) is 10.9 Å². The van der Waals surface area contributed by atoms with E-state index in [2.05, 4.69) is 46.8 Å². The van der Waals surface area contributed by atoms with Crippen LogP contribution in [0.4, 0.5) is 0 Å². The molecule has 0 saturated heterocycles. The molecule has 0 amide bonds. The number of fused-ring (bicyclic) bond motifs is 1. The molecule has 5 heteroatoms. The van der Waals surface area contributed by atoms with Gasteiger partial charge in [0, 0.05) is 23.6 Å². The zero-order chi connectivity index (χ0) is 16.1. The molecule has 1 heterocycles. The number of para-hydroxylation sites is 1. The summed E-state index contributed by atoms with van der Waals surface area (Å²) in [5.74, 6) is 0.747. The van der Waals surface area contributed by atoms with Gasteiger partial charge in [-0.15, -0.1) is 12.4 Å². The largest absolute Gasteiger partial charge is 0.492 e. The Morgan fingerprint density at radius 2 is 2.00 bits per heavy atom. The maximum atomic E-state index is 6.21. The zero-order valence-corrected chi connectivity index (χ0v) is 15.2. The Morgan fingerprint density at radius 3 is 2.79 bits per heavy atom. The van der Waals surface area contributed by atoms with Crippen LogP contribution >= 0.6 is 24.0 Å². The van der Waals surface area contributed by atoms with Crippen LogP contribution in [-0.4, -0.2) is 18.1 Å². The fourth-order valence-corrected chi connectivity index (χ4v) is 2.98. The van der Waals surface area contributed by atoms with E-state index in [1.165, 1.54) is 16.5 Å². The summed E-state index contributed by atoms with van der Waals surface area (Å²) in [6.07, 6.45) is 3.09. The maximum Gasteiger partial charge on any atom is 0.137 e. The minimum Gasteiger partial charge on any atom is -0.492 e. The van der Waals surface area contributed by atoms with Crippen LogP contribution in [0.3, 0.4) is 0 Å². The number of hydrogen-bond donors (Lipinski definition) is 2. The number of ether oxygens (including phenoxy) is 1. The number of aromatic nitrogens is 1. The van der Waals surface area contributed by atoms with Gasteiger partial charge in [-0.25, -0.2) is 0 Å². The summed E-state index contributed by atoms with van der Waals surface area (Å²) in [5.41, 5.74) is 3.70. The van der Waals surface area contributed by atoms with E-state index in [-0.39, 0.29) is 12.4 Å². The Hall–Kier alpha value is -1.68. The van der Waals surface area contributed by atoms with Crippen molar-refractivity contribution in [3.8, 4) is 5.75 Å². The fourth-order valence-electron chi connectivity index (χ4n) is 2.72. The van der Waals surface area contributed by atoms with Crippen molar-refractivity contribution >= 4 is 34.9 Å². The van der Waals surface area contributed by atoms with Gasteiger partial charge in [0.2, 0.25) is 0 Å². The molecule has 3 rings (SSSR count). The molecule has 0 radical (unpaired) electrons. The van der Waals surface area contributed by atoms with Crippen molar-refractivity contribution in [2.45, 2.75) is 19.9 Å². The Balaban J connectivity index is 0.00000208. The molecule has 128 valence electrons. The molecule has 0 bridgehead atoms. The van der Waals surface area contributed by atoms with Crippen molar-refractivity contribution in [2.75, 3.05) is 13.2 Å². The van der Waals surface area contributed by atoms with E-state index in [1.54, 1.807) is 0 Å². The summed E-state index contributed by atoms with van der Waals surface area (Å²) in [5, 5.41) is 5.44. The molecular formula is C19H22Cl2N2O. The molecule has 0 aliphatic carbocycles. The second kappa shape index (κ2) is 8.97. The molecule has 0 fully saturated rings. The Morgan fingerprint density at radius 1 is 1.17 bits per heavy atom. The van der Waals surface area contributed by atoms with Gasteiger partial charge in [0.05, 0.1) is 11.6 Å². The lowest BCUT2D eigenvalue weighted by atomic mass is 10.1. The molecule has 2 N–H and O–H groups in total. The van der Waals surface area contributed by atoms with Crippen molar-refractivity contribution in [1.29, 1.82) is 0 Å². The molecule has 0 atom stereocenters.